The first-order valence-electron chi connectivity index (χ1n) is 4.76. The topological polar surface area (TPSA) is 38.7 Å². The van der Waals surface area contributed by atoms with Gasteiger partial charge in [0.05, 0.1) is 19.3 Å². The molecule has 1 N–H and O–H groups in total. The molecule has 0 aromatic rings. The fourth-order valence-corrected chi connectivity index (χ4v) is 1.98. The van der Waals surface area contributed by atoms with Gasteiger partial charge in [-0.1, -0.05) is 13.0 Å². The van der Waals surface area contributed by atoms with E-state index in [1.54, 1.807) is 0 Å². The molecule has 3 nitrogen and oxygen atoms in total. The average molecular weight is 184 g/mol. The number of rotatable bonds is 1. The Balaban J connectivity index is 2.24. The van der Waals surface area contributed by atoms with Crippen LogP contribution in [0.15, 0.2) is 11.6 Å². The molecule has 0 aromatic heterocycles. The summed E-state index contributed by atoms with van der Waals surface area (Å²) in [5.41, 5.74) is 1.26. The number of aliphatic hydroxyl groups is 1. The summed E-state index contributed by atoms with van der Waals surface area (Å²) >= 11 is 0. The van der Waals surface area contributed by atoms with Gasteiger partial charge in [-0.15, -0.1) is 0 Å². The number of hydrogen-bond donors (Lipinski definition) is 1. The van der Waals surface area contributed by atoms with E-state index in [1.807, 2.05) is 0 Å². The molecular weight excluding hydrogens is 168 g/mol. The Bertz CT molecular complexity index is 236. The zero-order valence-corrected chi connectivity index (χ0v) is 8.12. The summed E-state index contributed by atoms with van der Waals surface area (Å²) in [5.74, 6) is -0.354. The van der Waals surface area contributed by atoms with Gasteiger partial charge in [0.2, 0.25) is 0 Å². The molecular formula is C10H16O3. The lowest BCUT2D eigenvalue weighted by Gasteiger charge is -2.46. The third kappa shape index (κ3) is 1.41. The van der Waals surface area contributed by atoms with Gasteiger partial charge < -0.3 is 14.6 Å². The number of fused-ring (bicyclic) bond motifs is 2. The predicted molar refractivity (Wildman–Crippen MR) is 48.2 cm³/mol. The predicted octanol–water partition coefficient (Wildman–Crippen LogP) is 1.08. The standard InChI is InChI=1S/C10H16O3/c1-7-3-4-10(6-11)12-5-8(2)9(7)13-10/h3,8-9,11H,4-6H2,1-2H3. The Morgan fingerprint density at radius 2 is 2.46 bits per heavy atom. The maximum absolute atomic E-state index is 9.19. The third-order valence-electron chi connectivity index (χ3n) is 2.89. The summed E-state index contributed by atoms with van der Waals surface area (Å²) in [6.07, 6.45) is 2.91. The van der Waals surface area contributed by atoms with Gasteiger partial charge in [0.1, 0.15) is 0 Å². The van der Waals surface area contributed by atoms with Gasteiger partial charge in [-0.25, -0.2) is 0 Å². The van der Waals surface area contributed by atoms with Crippen LogP contribution < -0.4 is 0 Å². The zero-order valence-electron chi connectivity index (χ0n) is 8.12. The van der Waals surface area contributed by atoms with Crippen molar-refractivity contribution in [3.63, 3.8) is 0 Å². The maximum Gasteiger partial charge on any atom is 0.195 e. The van der Waals surface area contributed by atoms with Crippen LogP contribution in [0.25, 0.3) is 0 Å². The largest absolute Gasteiger partial charge is 0.391 e. The first kappa shape index (κ1) is 9.19. The van der Waals surface area contributed by atoms with Crippen LogP contribution in [0.5, 0.6) is 0 Å². The molecule has 2 rings (SSSR count). The summed E-state index contributed by atoms with van der Waals surface area (Å²) in [7, 11) is 0. The second kappa shape index (κ2) is 3.08. The Labute approximate surface area is 78.3 Å². The lowest BCUT2D eigenvalue weighted by molar-refractivity contribution is -0.317. The van der Waals surface area contributed by atoms with Gasteiger partial charge in [0.15, 0.2) is 5.79 Å². The maximum atomic E-state index is 9.19. The molecule has 0 aliphatic carbocycles. The van der Waals surface area contributed by atoms with Crippen molar-refractivity contribution in [3.05, 3.63) is 11.6 Å². The summed E-state index contributed by atoms with van der Waals surface area (Å²) in [4.78, 5) is 0. The highest BCUT2D eigenvalue weighted by Gasteiger charge is 2.43. The van der Waals surface area contributed by atoms with Crippen molar-refractivity contribution >= 4 is 0 Å². The van der Waals surface area contributed by atoms with E-state index in [0.29, 0.717) is 18.9 Å². The Morgan fingerprint density at radius 1 is 1.69 bits per heavy atom. The van der Waals surface area contributed by atoms with Crippen molar-refractivity contribution < 1.29 is 14.6 Å². The molecule has 2 bridgehead atoms. The summed E-state index contributed by atoms with van der Waals surface area (Å²) in [6.45, 7) is 4.80. The highest BCUT2D eigenvalue weighted by Crippen LogP contribution is 2.36. The highest BCUT2D eigenvalue weighted by molar-refractivity contribution is 5.13. The van der Waals surface area contributed by atoms with Gasteiger partial charge in [-0.05, 0) is 12.5 Å². The molecule has 0 aromatic carbocycles. The molecule has 1 fully saturated rings. The van der Waals surface area contributed by atoms with Crippen LogP contribution in [-0.4, -0.2) is 30.2 Å². The lowest BCUT2D eigenvalue weighted by Crippen LogP contribution is -2.53. The second-order valence-corrected chi connectivity index (χ2v) is 4.05. The van der Waals surface area contributed by atoms with E-state index in [0.717, 1.165) is 0 Å². The molecule has 0 saturated carbocycles. The van der Waals surface area contributed by atoms with Crippen molar-refractivity contribution in [2.24, 2.45) is 5.92 Å². The molecule has 2 aliphatic rings. The molecule has 13 heavy (non-hydrogen) atoms. The Hall–Kier alpha value is -0.380. The van der Waals surface area contributed by atoms with Crippen LogP contribution in [0.4, 0.5) is 0 Å². The molecule has 0 amide bonds. The SMILES string of the molecule is CC1=CCC2(CO)OCC(C)C1O2. The molecule has 0 radical (unpaired) electrons. The normalized spacial score (nSPS) is 44.4. The van der Waals surface area contributed by atoms with Crippen molar-refractivity contribution in [2.75, 3.05) is 13.2 Å². The number of ether oxygens (including phenoxy) is 2. The van der Waals surface area contributed by atoms with Gasteiger partial charge in [-0.3, -0.25) is 0 Å². The van der Waals surface area contributed by atoms with E-state index in [-0.39, 0.29) is 12.7 Å². The quantitative estimate of drug-likeness (QED) is 0.620. The van der Waals surface area contributed by atoms with Crippen LogP contribution in [0.3, 0.4) is 0 Å². The van der Waals surface area contributed by atoms with Crippen molar-refractivity contribution in [3.8, 4) is 0 Å². The molecule has 3 unspecified atom stereocenters. The minimum atomic E-state index is -0.739. The van der Waals surface area contributed by atoms with E-state index < -0.39 is 5.79 Å². The second-order valence-electron chi connectivity index (χ2n) is 4.05. The Kier molecular flexibility index (Phi) is 2.18. The fraction of sp³-hybridized carbons (Fsp3) is 0.800. The number of aliphatic hydroxyl groups excluding tert-OH is 1. The van der Waals surface area contributed by atoms with Gasteiger partial charge in [0.25, 0.3) is 0 Å². The first-order valence-corrected chi connectivity index (χ1v) is 4.76. The number of hydrogen-bond acceptors (Lipinski definition) is 3. The molecule has 2 aliphatic heterocycles. The molecule has 3 atom stereocenters. The molecule has 2 heterocycles. The third-order valence-corrected chi connectivity index (χ3v) is 2.89. The zero-order chi connectivity index (χ0) is 9.47. The molecule has 74 valence electrons. The smallest absolute Gasteiger partial charge is 0.195 e. The molecule has 1 saturated heterocycles. The lowest BCUT2D eigenvalue weighted by atomic mass is 9.91. The highest BCUT2D eigenvalue weighted by atomic mass is 16.7. The van der Waals surface area contributed by atoms with Gasteiger partial charge in [0, 0.05) is 12.3 Å². The Morgan fingerprint density at radius 3 is 3.15 bits per heavy atom. The van der Waals surface area contributed by atoms with E-state index >= 15 is 0 Å². The minimum Gasteiger partial charge on any atom is -0.391 e. The van der Waals surface area contributed by atoms with E-state index in [9.17, 15) is 5.11 Å². The van der Waals surface area contributed by atoms with E-state index in [4.69, 9.17) is 9.47 Å². The fourth-order valence-electron chi connectivity index (χ4n) is 1.98. The van der Waals surface area contributed by atoms with Gasteiger partial charge >= 0.3 is 0 Å². The van der Waals surface area contributed by atoms with Crippen LogP contribution in [0.2, 0.25) is 0 Å². The van der Waals surface area contributed by atoms with Crippen LogP contribution in [-0.2, 0) is 9.47 Å². The summed E-state index contributed by atoms with van der Waals surface area (Å²) in [5, 5.41) is 9.19. The average Bonchev–Trinajstić information content (AvgIpc) is 2.17. The molecule has 3 heteroatoms. The van der Waals surface area contributed by atoms with Gasteiger partial charge in [-0.2, -0.15) is 0 Å². The monoisotopic (exact) mass is 184 g/mol. The van der Waals surface area contributed by atoms with Crippen LogP contribution >= 0.6 is 0 Å². The van der Waals surface area contributed by atoms with Crippen LogP contribution in [0.1, 0.15) is 20.3 Å². The van der Waals surface area contributed by atoms with Crippen LogP contribution in [0, 0.1) is 5.92 Å². The van der Waals surface area contributed by atoms with Crippen molar-refractivity contribution in [1.29, 1.82) is 0 Å². The summed E-state index contributed by atoms with van der Waals surface area (Å²) in [6, 6.07) is 0. The van der Waals surface area contributed by atoms with E-state index in [1.165, 1.54) is 5.57 Å². The summed E-state index contributed by atoms with van der Waals surface area (Å²) < 4.78 is 11.3. The van der Waals surface area contributed by atoms with E-state index in [2.05, 4.69) is 19.9 Å². The first-order chi connectivity index (χ1) is 6.17. The van der Waals surface area contributed by atoms with Crippen molar-refractivity contribution in [2.45, 2.75) is 32.2 Å². The van der Waals surface area contributed by atoms with Crippen molar-refractivity contribution in [1.82, 2.24) is 0 Å². The minimum absolute atomic E-state index is 0.0556. The molecule has 0 spiro atoms.